The fraction of sp³-hybridized carbons (Fsp3) is 0.444. The van der Waals surface area contributed by atoms with E-state index in [1.54, 1.807) is 36.2 Å². The van der Waals surface area contributed by atoms with Crippen LogP contribution in [0.4, 0.5) is 10.5 Å². The smallest absolute Gasteiger partial charge is 0.407 e. The van der Waals surface area contributed by atoms with Gasteiger partial charge in [0.2, 0.25) is 15.9 Å². The Bertz CT molecular complexity index is 1290. The van der Waals surface area contributed by atoms with E-state index in [0.717, 1.165) is 11.3 Å². The van der Waals surface area contributed by atoms with E-state index in [0.29, 0.717) is 31.6 Å². The van der Waals surface area contributed by atoms with Gasteiger partial charge in [0.1, 0.15) is 0 Å². The number of aromatic nitrogens is 1. The topological polar surface area (TPSA) is 132 Å². The molecule has 2 fully saturated rings. The summed E-state index contributed by atoms with van der Waals surface area (Å²) in [6.45, 7) is 7.02. The summed E-state index contributed by atoms with van der Waals surface area (Å²) in [5.41, 5.74) is 1.57. The molecule has 2 aromatic rings. The molecule has 0 radical (unpaired) electrons. The Morgan fingerprint density at radius 2 is 1.90 bits per heavy atom. The molecular weight excluding hydrogens is 522 g/mol. The molecule has 1 aromatic carbocycles. The summed E-state index contributed by atoms with van der Waals surface area (Å²) >= 11 is 0. The maximum atomic E-state index is 13.2. The van der Waals surface area contributed by atoms with Crippen LogP contribution in [-0.4, -0.2) is 91.1 Å². The standard InChI is InChI=1S/C27H35N5O6S/c1-3-21-5-7-24(8-6-21)39(36,37)32-16-15-31(25(34)18-32)20-27(29-26(35)38-4-2)10-13-30(14-11-27)23-9-12-28-22(17-23)19-33/h3,5-9,12,17,33H,1,4,10-11,13-16,18-20H2,2H3,(H,29,35). The number of amides is 2. The maximum absolute atomic E-state index is 13.2. The number of piperazine rings is 1. The highest BCUT2D eigenvalue weighted by Gasteiger charge is 2.41. The second kappa shape index (κ2) is 12.1. The van der Waals surface area contributed by atoms with Crippen molar-refractivity contribution < 1.29 is 27.9 Å². The summed E-state index contributed by atoms with van der Waals surface area (Å²) < 4.78 is 32.7. The Morgan fingerprint density at radius 3 is 2.51 bits per heavy atom. The Kier molecular flexibility index (Phi) is 8.88. The lowest BCUT2D eigenvalue weighted by Crippen LogP contribution is -2.64. The van der Waals surface area contributed by atoms with Gasteiger partial charge in [-0.05, 0) is 49.6 Å². The predicted molar refractivity (Wildman–Crippen MR) is 146 cm³/mol. The van der Waals surface area contributed by atoms with Gasteiger partial charge < -0.3 is 25.0 Å². The number of aliphatic hydroxyl groups is 1. The molecule has 0 aliphatic carbocycles. The third kappa shape index (κ3) is 6.57. The second-order valence-electron chi connectivity index (χ2n) is 9.70. The zero-order valence-corrected chi connectivity index (χ0v) is 22.9. The van der Waals surface area contributed by atoms with Gasteiger partial charge in [0.25, 0.3) is 0 Å². The highest BCUT2D eigenvalue weighted by atomic mass is 32.2. The summed E-state index contributed by atoms with van der Waals surface area (Å²) in [5.74, 6) is -0.318. The predicted octanol–water partition coefficient (Wildman–Crippen LogP) is 1.84. The van der Waals surface area contributed by atoms with Crippen LogP contribution in [0.5, 0.6) is 0 Å². The molecule has 11 nitrogen and oxygen atoms in total. The number of nitrogens with one attached hydrogen (secondary N) is 1. The van der Waals surface area contributed by atoms with Crippen LogP contribution >= 0.6 is 0 Å². The summed E-state index contributed by atoms with van der Waals surface area (Å²) in [5, 5.41) is 12.4. The summed E-state index contributed by atoms with van der Waals surface area (Å²) in [6.07, 6.45) is 3.83. The number of nitrogens with zero attached hydrogens (tertiary/aromatic N) is 4. The molecule has 0 saturated carbocycles. The molecule has 0 atom stereocenters. The number of aliphatic hydroxyl groups excluding tert-OH is 1. The highest BCUT2D eigenvalue weighted by molar-refractivity contribution is 7.89. The van der Waals surface area contributed by atoms with E-state index < -0.39 is 21.7 Å². The number of sulfonamides is 1. The van der Waals surface area contributed by atoms with Gasteiger partial charge in [-0.25, -0.2) is 13.2 Å². The molecule has 2 aliphatic heterocycles. The maximum Gasteiger partial charge on any atom is 0.407 e. The van der Waals surface area contributed by atoms with Crippen molar-refractivity contribution in [2.24, 2.45) is 0 Å². The van der Waals surface area contributed by atoms with Crippen molar-refractivity contribution in [3.63, 3.8) is 0 Å². The van der Waals surface area contributed by atoms with Gasteiger partial charge in [-0.15, -0.1) is 0 Å². The Labute approximate surface area is 229 Å². The molecule has 1 aromatic heterocycles. The van der Waals surface area contributed by atoms with Crippen molar-refractivity contribution in [2.75, 3.05) is 50.8 Å². The number of pyridine rings is 1. The number of carbonyl (C=O) groups is 2. The van der Waals surface area contributed by atoms with Crippen LogP contribution in [0.3, 0.4) is 0 Å². The van der Waals surface area contributed by atoms with Gasteiger partial charge in [-0.2, -0.15) is 4.31 Å². The molecular formula is C27H35N5O6S. The number of hydrogen-bond donors (Lipinski definition) is 2. The first kappa shape index (κ1) is 28.5. The lowest BCUT2D eigenvalue weighted by molar-refractivity contribution is -0.135. The van der Waals surface area contributed by atoms with Crippen molar-refractivity contribution >= 4 is 33.8 Å². The normalized spacial score (nSPS) is 18.1. The van der Waals surface area contributed by atoms with Crippen molar-refractivity contribution in [2.45, 2.75) is 36.8 Å². The number of rotatable bonds is 9. The fourth-order valence-electron chi connectivity index (χ4n) is 5.00. The molecule has 210 valence electrons. The van der Waals surface area contributed by atoms with Crippen LogP contribution in [0.1, 0.15) is 31.0 Å². The quantitative estimate of drug-likeness (QED) is 0.477. The number of piperidine rings is 1. The van der Waals surface area contributed by atoms with Crippen molar-refractivity contribution in [3.05, 3.63) is 60.4 Å². The van der Waals surface area contributed by atoms with Crippen LogP contribution in [0, 0.1) is 0 Å². The molecule has 2 N–H and O–H groups in total. The average Bonchev–Trinajstić information content (AvgIpc) is 2.94. The Morgan fingerprint density at radius 1 is 1.18 bits per heavy atom. The minimum atomic E-state index is -3.83. The Hall–Kier alpha value is -3.48. The van der Waals surface area contributed by atoms with Crippen molar-refractivity contribution in [1.82, 2.24) is 19.5 Å². The molecule has 12 heteroatoms. The van der Waals surface area contributed by atoms with E-state index in [2.05, 4.69) is 21.8 Å². The van der Waals surface area contributed by atoms with E-state index in [9.17, 15) is 23.1 Å². The first-order chi connectivity index (χ1) is 18.7. The Balaban J connectivity index is 1.45. The molecule has 2 saturated heterocycles. The number of anilines is 1. The molecule has 2 aliphatic rings. The van der Waals surface area contributed by atoms with Crippen LogP contribution in [-0.2, 0) is 26.2 Å². The molecule has 0 unspecified atom stereocenters. The van der Waals surface area contributed by atoms with Crippen LogP contribution in [0.25, 0.3) is 6.08 Å². The molecule has 4 rings (SSSR count). The molecule has 0 bridgehead atoms. The molecule has 0 spiro atoms. The first-order valence-electron chi connectivity index (χ1n) is 13.0. The van der Waals surface area contributed by atoms with E-state index in [4.69, 9.17) is 4.74 Å². The van der Waals surface area contributed by atoms with E-state index in [1.807, 2.05) is 12.1 Å². The minimum Gasteiger partial charge on any atom is -0.450 e. The largest absolute Gasteiger partial charge is 0.450 e. The lowest BCUT2D eigenvalue weighted by Gasteiger charge is -2.46. The van der Waals surface area contributed by atoms with E-state index in [1.165, 1.54) is 16.4 Å². The highest BCUT2D eigenvalue weighted by Crippen LogP contribution is 2.29. The first-order valence-corrected chi connectivity index (χ1v) is 14.4. The monoisotopic (exact) mass is 557 g/mol. The van der Waals surface area contributed by atoms with Crippen molar-refractivity contribution in [3.8, 4) is 0 Å². The number of hydrogen-bond acceptors (Lipinski definition) is 8. The van der Waals surface area contributed by atoms with Gasteiger partial charge in [-0.3, -0.25) is 9.78 Å². The molecule has 3 heterocycles. The van der Waals surface area contributed by atoms with E-state index >= 15 is 0 Å². The van der Waals surface area contributed by atoms with Gasteiger partial charge >= 0.3 is 6.09 Å². The third-order valence-corrected chi connectivity index (χ3v) is 9.08. The van der Waals surface area contributed by atoms with Crippen LogP contribution in [0.15, 0.2) is 54.1 Å². The zero-order chi connectivity index (χ0) is 28.0. The average molecular weight is 558 g/mol. The summed E-state index contributed by atoms with van der Waals surface area (Å²) in [6, 6.07) is 10.1. The minimum absolute atomic E-state index is 0.127. The van der Waals surface area contributed by atoms with Crippen LogP contribution < -0.4 is 10.2 Å². The number of ether oxygens (including phenoxy) is 1. The zero-order valence-electron chi connectivity index (χ0n) is 22.1. The lowest BCUT2D eigenvalue weighted by atomic mass is 9.86. The van der Waals surface area contributed by atoms with E-state index in [-0.39, 0.29) is 50.2 Å². The third-order valence-electron chi connectivity index (χ3n) is 7.22. The van der Waals surface area contributed by atoms with Crippen LogP contribution in [0.2, 0.25) is 0 Å². The van der Waals surface area contributed by atoms with Crippen molar-refractivity contribution in [1.29, 1.82) is 0 Å². The number of alkyl carbamates (subject to hydrolysis) is 1. The second-order valence-corrected chi connectivity index (χ2v) is 11.6. The van der Waals surface area contributed by atoms with Gasteiger partial charge in [0.05, 0.1) is 35.9 Å². The fourth-order valence-corrected chi connectivity index (χ4v) is 6.38. The summed E-state index contributed by atoms with van der Waals surface area (Å²) in [7, 11) is -3.83. The van der Waals surface area contributed by atoms with Gasteiger partial charge in [0, 0.05) is 44.6 Å². The SMILES string of the molecule is C=Cc1ccc(S(=O)(=O)N2CCN(CC3(NC(=O)OCC)CCN(c4ccnc(CO)c4)CC3)C(=O)C2)cc1. The number of carbonyl (C=O) groups excluding carboxylic acids is 2. The summed E-state index contributed by atoms with van der Waals surface area (Å²) in [4.78, 5) is 33.7. The number of benzene rings is 1. The van der Waals surface area contributed by atoms with Gasteiger partial charge in [-0.1, -0.05) is 24.8 Å². The molecule has 2 amide bonds. The van der Waals surface area contributed by atoms with Gasteiger partial charge in [0.15, 0.2) is 0 Å². The molecule has 39 heavy (non-hydrogen) atoms.